The summed E-state index contributed by atoms with van der Waals surface area (Å²) in [6.45, 7) is 0.496. The van der Waals surface area contributed by atoms with Gasteiger partial charge < -0.3 is 10.2 Å². The van der Waals surface area contributed by atoms with Gasteiger partial charge >= 0.3 is 0 Å². The highest BCUT2D eigenvalue weighted by molar-refractivity contribution is 5.78. The fourth-order valence-corrected chi connectivity index (χ4v) is 2.15. The highest BCUT2D eigenvalue weighted by Crippen LogP contribution is 2.21. The van der Waals surface area contributed by atoms with Gasteiger partial charge in [0, 0.05) is 36.2 Å². The van der Waals surface area contributed by atoms with Gasteiger partial charge in [0.05, 0.1) is 5.52 Å². The average molecular weight is 254 g/mol. The Morgan fingerprint density at radius 2 is 1.63 bits per heavy atom. The third kappa shape index (κ3) is 2.25. The third-order valence-corrected chi connectivity index (χ3v) is 3.18. The van der Waals surface area contributed by atoms with Crippen molar-refractivity contribution in [3.8, 4) is 11.8 Å². The van der Waals surface area contributed by atoms with E-state index in [0.29, 0.717) is 13.0 Å². The van der Waals surface area contributed by atoms with Crippen molar-refractivity contribution in [2.45, 2.75) is 13.0 Å². The first-order valence-electron chi connectivity index (χ1n) is 6.16. The molecule has 2 heterocycles. The Labute approximate surface area is 110 Å². The van der Waals surface area contributed by atoms with Crippen molar-refractivity contribution in [3.63, 3.8) is 0 Å². The lowest BCUT2D eigenvalue weighted by molar-refractivity contribution is 0.368. The minimum absolute atomic E-state index is 0.0679. The molecule has 4 nitrogen and oxygen atoms in total. The molecule has 0 unspecified atom stereocenters. The van der Waals surface area contributed by atoms with Crippen molar-refractivity contribution < 1.29 is 10.2 Å². The van der Waals surface area contributed by atoms with Gasteiger partial charge in [-0.2, -0.15) is 0 Å². The van der Waals surface area contributed by atoms with Crippen LogP contribution in [0.3, 0.4) is 0 Å². The van der Waals surface area contributed by atoms with Crippen LogP contribution >= 0.6 is 0 Å². The standard InChI is InChI=1S/C15H14N2O2/c18-14-7-8-15(19)17(14)10-9-12-6-5-11-3-1-2-4-13(11)16-12/h1-8,18-19H,9-10H2. The molecule has 0 atom stereocenters. The molecule has 3 aromatic rings. The summed E-state index contributed by atoms with van der Waals surface area (Å²) < 4.78 is 1.46. The van der Waals surface area contributed by atoms with E-state index in [-0.39, 0.29) is 11.8 Å². The molecule has 1 aromatic carbocycles. The molecule has 0 aliphatic heterocycles. The summed E-state index contributed by atoms with van der Waals surface area (Å²) in [5.74, 6) is 0.136. The second-order valence-electron chi connectivity index (χ2n) is 4.45. The third-order valence-electron chi connectivity index (χ3n) is 3.18. The molecule has 0 saturated carbocycles. The van der Waals surface area contributed by atoms with Gasteiger partial charge in [0.25, 0.3) is 0 Å². The molecule has 0 amide bonds. The number of benzene rings is 1. The van der Waals surface area contributed by atoms with Gasteiger partial charge in [-0.3, -0.25) is 9.55 Å². The summed E-state index contributed by atoms with van der Waals surface area (Å²) in [4.78, 5) is 4.56. The first kappa shape index (κ1) is 11.6. The molecular weight excluding hydrogens is 240 g/mol. The number of aryl methyl sites for hydroxylation is 1. The van der Waals surface area contributed by atoms with E-state index in [1.807, 2.05) is 36.4 Å². The lowest BCUT2D eigenvalue weighted by Crippen LogP contribution is -2.01. The van der Waals surface area contributed by atoms with Crippen LogP contribution in [0.15, 0.2) is 48.5 Å². The summed E-state index contributed by atoms with van der Waals surface area (Å²) >= 11 is 0. The van der Waals surface area contributed by atoms with Crippen LogP contribution in [-0.2, 0) is 13.0 Å². The number of aromatic nitrogens is 2. The Morgan fingerprint density at radius 3 is 2.42 bits per heavy atom. The van der Waals surface area contributed by atoms with Crippen LogP contribution in [0.2, 0.25) is 0 Å². The van der Waals surface area contributed by atoms with Crippen LogP contribution in [-0.4, -0.2) is 19.8 Å². The lowest BCUT2D eigenvalue weighted by Gasteiger charge is -2.07. The van der Waals surface area contributed by atoms with Gasteiger partial charge in [0.15, 0.2) is 11.8 Å². The van der Waals surface area contributed by atoms with Crippen molar-refractivity contribution in [2.75, 3.05) is 0 Å². The van der Waals surface area contributed by atoms with E-state index in [4.69, 9.17) is 0 Å². The van der Waals surface area contributed by atoms with Gasteiger partial charge in [0.1, 0.15) is 0 Å². The Hall–Kier alpha value is -2.49. The minimum Gasteiger partial charge on any atom is -0.494 e. The predicted molar refractivity (Wildman–Crippen MR) is 73.2 cm³/mol. The van der Waals surface area contributed by atoms with Crippen LogP contribution in [0.1, 0.15) is 5.69 Å². The van der Waals surface area contributed by atoms with E-state index in [1.54, 1.807) is 0 Å². The molecule has 3 rings (SSSR count). The fraction of sp³-hybridized carbons (Fsp3) is 0.133. The summed E-state index contributed by atoms with van der Waals surface area (Å²) in [6, 6.07) is 14.9. The Balaban J connectivity index is 1.82. The lowest BCUT2D eigenvalue weighted by atomic mass is 10.2. The molecule has 2 N–H and O–H groups in total. The van der Waals surface area contributed by atoms with Crippen LogP contribution in [0.4, 0.5) is 0 Å². The zero-order valence-corrected chi connectivity index (χ0v) is 10.3. The minimum atomic E-state index is 0.0679. The van der Waals surface area contributed by atoms with Crippen LogP contribution < -0.4 is 0 Å². The average Bonchev–Trinajstić information content (AvgIpc) is 2.76. The largest absolute Gasteiger partial charge is 0.494 e. The molecule has 0 fully saturated rings. The second-order valence-corrected chi connectivity index (χ2v) is 4.45. The van der Waals surface area contributed by atoms with Gasteiger partial charge in [0.2, 0.25) is 0 Å². The van der Waals surface area contributed by atoms with Gasteiger partial charge in [-0.25, -0.2) is 0 Å². The molecule has 0 aliphatic carbocycles. The van der Waals surface area contributed by atoms with Gasteiger partial charge in [-0.15, -0.1) is 0 Å². The van der Waals surface area contributed by atoms with Crippen molar-refractivity contribution in [1.82, 2.24) is 9.55 Å². The predicted octanol–water partition coefficient (Wildman–Crippen LogP) is 2.69. The maximum atomic E-state index is 9.56. The second kappa shape index (κ2) is 4.65. The maximum absolute atomic E-state index is 9.56. The fourth-order valence-electron chi connectivity index (χ4n) is 2.15. The number of hydrogen-bond donors (Lipinski definition) is 2. The number of rotatable bonds is 3. The summed E-state index contributed by atoms with van der Waals surface area (Å²) in [5.41, 5.74) is 1.90. The molecule has 0 bridgehead atoms. The molecule has 4 heteroatoms. The highest BCUT2D eigenvalue weighted by atomic mass is 16.3. The van der Waals surface area contributed by atoms with E-state index >= 15 is 0 Å². The number of aromatic hydroxyl groups is 2. The molecule has 96 valence electrons. The van der Waals surface area contributed by atoms with E-state index < -0.39 is 0 Å². The SMILES string of the molecule is Oc1ccc(O)n1CCc1ccc2ccccc2n1. The number of nitrogens with zero attached hydrogens (tertiary/aromatic N) is 2. The number of hydrogen-bond acceptors (Lipinski definition) is 3. The molecule has 0 aliphatic rings. The van der Waals surface area contributed by atoms with Crippen LogP contribution in [0, 0.1) is 0 Å². The summed E-state index contributed by atoms with van der Waals surface area (Å²) in [5, 5.41) is 20.2. The molecule has 0 spiro atoms. The maximum Gasteiger partial charge on any atom is 0.193 e. The van der Waals surface area contributed by atoms with E-state index in [9.17, 15) is 10.2 Å². The number of pyridine rings is 1. The summed E-state index contributed by atoms with van der Waals surface area (Å²) in [6.07, 6.45) is 0.653. The summed E-state index contributed by atoms with van der Waals surface area (Å²) in [7, 11) is 0. The molecule has 0 radical (unpaired) electrons. The smallest absolute Gasteiger partial charge is 0.193 e. The normalized spacial score (nSPS) is 10.9. The highest BCUT2D eigenvalue weighted by Gasteiger charge is 2.06. The zero-order chi connectivity index (χ0) is 13.2. The van der Waals surface area contributed by atoms with E-state index in [0.717, 1.165) is 16.6 Å². The van der Waals surface area contributed by atoms with Crippen LogP contribution in [0.25, 0.3) is 10.9 Å². The van der Waals surface area contributed by atoms with Gasteiger partial charge in [-0.05, 0) is 12.1 Å². The molecule has 0 saturated heterocycles. The van der Waals surface area contributed by atoms with E-state index in [2.05, 4.69) is 4.98 Å². The Kier molecular flexibility index (Phi) is 2.83. The Bertz CT molecular complexity index is 699. The van der Waals surface area contributed by atoms with Crippen molar-refractivity contribution in [1.29, 1.82) is 0 Å². The van der Waals surface area contributed by atoms with Crippen molar-refractivity contribution >= 4 is 10.9 Å². The first-order chi connectivity index (χ1) is 9.24. The number of fused-ring (bicyclic) bond motifs is 1. The van der Waals surface area contributed by atoms with Gasteiger partial charge in [-0.1, -0.05) is 24.3 Å². The van der Waals surface area contributed by atoms with Crippen LogP contribution in [0.5, 0.6) is 11.8 Å². The number of para-hydroxylation sites is 1. The van der Waals surface area contributed by atoms with E-state index in [1.165, 1.54) is 16.7 Å². The van der Waals surface area contributed by atoms with Crippen molar-refractivity contribution in [2.24, 2.45) is 0 Å². The molecule has 19 heavy (non-hydrogen) atoms. The molecule has 2 aromatic heterocycles. The van der Waals surface area contributed by atoms with Crippen molar-refractivity contribution in [3.05, 3.63) is 54.2 Å². The monoisotopic (exact) mass is 254 g/mol. The quantitative estimate of drug-likeness (QED) is 0.755. The Morgan fingerprint density at radius 1 is 0.895 bits per heavy atom. The molecular formula is C15H14N2O2. The zero-order valence-electron chi connectivity index (χ0n) is 10.3. The first-order valence-corrected chi connectivity index (χ1v) is 6.16. The topological polar surface area (TPSA) is 58.3 Å².